The molecule has 0 saturated carbocycles. The summed E-state index contributed by atoms with van der Waals surface area (Å²) in [5.74, 6) is -0.273. The second-order valence-corrected chi connectivity index (χ2v) is 5.09. The van der Waals surface area contributed by atoms with Crippen LogP contribution in [0.1, 0.15) is 5.56 Å². The number of methoxy groups -OCH3 is 1. The van der Waals surface area contributed by atoms with Crippen molar-refractivity contribution in [2.75, 3.05) is 19.0 Å². The summed E-state index contributed by atoms with van der Waals surface area (Å²) in [6.07, 6.45) is 5.35. The molecule has 3 rings (SSSR count). The number of nitrogens with zero attached hydrogens (tertiary/aromatic N) is 3. The zero-order valence-electron chi connectivity index (χ0n) is 12.8. The van der Waals surface area contributed by atoms with Gasteiger partial charge in [-0.15, -0.1) is 0 Å². The lowest BCUT2D eigenvalue weighted by Crippen LogP contribution is -2.04. The summed E-state index contributed by atoms with van der Waals surface area (Å²) in [6, 6.07) is 6.64. The smallest absolute Gasteiger partial charge is 0.132 e. The van der Waals surface area contributed by atoms with Crippen LogP contribution in [0.5, 0.6) is 0 Å². The Hall–Kier alpha value is -2.67. The lowest BCUT2D eigenvalue weighted by molar-refractivity contribution is 0.183. The quantitative estimate of drug-likeness (QED) is 0.703. The van der Waals surface area contributed by atoms with Gasteiger partial charge in [-0.2, -0.15) is 10.2 Å². The van der Waals surface area contributed by atoms with Crippen molar-refractivity contribution in [1.82, 2.24) is 20.0 Å². The Morgan fingerprint density at radius 3 is 3.00 bits per heavy atom. The van der Waals surface area contributed by atoms with E-state index in [1.165, 1.54) is 6.07 Å². The van der Waals surface area contributed by atoms with E-state index in [9.17, 15) is 4.39 Å². The van der Waals surface area contributed by atoms with Crippen LogP contribution in [0.4, 0.5) is 10.1 Å². The van der Waals surface area contributed by atoms with Crippen LogP contribution in [0.3, 0.4) is 0 Å². The number of H-pyrrole nitrogens is 1. The van der Waals surface area contributed by atoms with Crippen LogP contribution >= 0.6 is 0 Å². The van der Waals surface area contributed by atoms with Crippen LogP contribution in [0.15, 0.2) is 42.9 Å². The number of aromatic amines is 1. The number of rotatable bonds is 7. The summed E-state index contributed by atoms with van der Waals surface area (Å²) >= 11 is 0. The number of aromatic nitrogens is 4. The summed E-state index contributed by atoms with van der Waals surface area (Å²) in [5.41, 5.74) is 2.97. The first-order valence-electron chi connectivity index (χ1n) is 7.30. The highest BCUT2D eigenvalue weighted by Gasteiger charge is 2.11. The number of hydrogen-bond donors (Lipinski definition) is 2. The molecule has 1 aromatic carbocycles. The molecule has 120 valence electrons. The van der Waals surface area contributed by atoms with E-state index in [0.29, 0.717) is 31.0 Å². The largest absolute Gasteiger partial charge is 0.383 e. The van der Waals surface area contributed by atoms with E-state index in [-0.39, 0.29) is 5.82 Å². The van der Waals surface area contributed by atoms with E-state index < -0.39 is 0 Å². The van der Waals surface area contributed by atoms with Gasteiger partial charge in [0.15, 0.2) is 0 Å². The van der Waals surface area contributed by atoms with Crippen molar-refractivity contribution in [3.8, 4) is 11.3 Å². The SMILES string of the molecule is COCCn1cc(NCc2cn[nH]c2-c2ccccc2F)cn1. The fourth-order valence-corrected chi connectivity index (χ4v) is 2.30. The monoisotopic (exact) mass is 315 g/mol. The summed E-state index contributed by atoms with van der Waals surface area (Å²) in [4.78, 5) is 0. The molecule has 0 radical (unpaired) electrons. The van der Waals surface area contributed by atoms with Crippen molar-refractivity contribution in [3.05, 3.63) is 54.2 Å². The van der Waals surface area contributed by atoms with Gasteiger partial charge < -0.3 is 10.1 Å². The fraction of sp³-hybridized carbons (Fsp3) is 0.250. The van der Waals surface area contributed by atoms with E-state index >= 15 is 0 Å². The molecule has 0 unspecified atom stereocenters. The maximum Gasteiger partial charge on any atom is 0.132 e. The fourth-order valence-electron chi connectivity index (χ4n) is 2.30. The van der Waals surface area contributed by atoms with Gasteiger partial charge in [0.05, 0.1) is 36.9 Å². The third kappa shape index (κ3) is 3.57. The summed E-state index contributed by atoms with van der Waals surface area (Å²) < 4.78 is 20.7. The van der Waals surface area contributed by atoms with Gasteiger partial charge in [0.25, 0.3) is 0 Å². The van der Waals surface area contributed by atoms with Crippen LogP contribution in [0.25, 0.3) is 11.3 Å². The highest BCUT2D eigenvalue weighted by molar-refractivity contribution is 5.63. The highest BCUT2D eigenvalue weighted by atomic mass is 19.1. The number of benzene rings is 1. The predicted octanol–water partition coefficient (Wildman–Crippen LogP) is 2.67. The van der Waals surface area contributed by atoms with Crippen molar-refractivity contribution in [2.45, 2.75) is 13.1 Å². The Kier molecular flexibility index (Phi) is 4.68. The second kappa shape index (κ2) is 7.06. The molecule has 0 fully saturated rings. The molecule has 23 heavy (non-hydrogen) atoms. The van der Waals surface area contributed by atoms with Gasteiger partial charge in [0, 0.05) is 31.0 Å². The Morgan fingerprint density at radius 1 is 1.30 bits per heavy atom. The zero-order chi connectivity index (χ0) is 16.1. The molecule has 3 aromatic rings. The molecule has 0 bridgehead atoms. The molecule has 0 saturated heterocycles. The molecule has 0 aliphatic carbocycles. The van der Waals surface area contributed by atoms with Crippen LogP contribution in [0.2, 0.25) is 0 Å². The van der Waals surface area contributed by atoms with E-state index in [1.54, 1.807) is 42.4 Å². The third-order valence-electron chi connectivity index (χ3n) is 3.50. The van der Waals surface area contributed by atoms with Gasteiger partial charge in [-0.3, -0.25) is 9.78 Å². The van der Waals surface area contributed by atoms with E-state index in [2.05, 4.69) is 20.6 Å². The van der Waals surface area contributed by atoms with Gasteiger partial charge in [-0.05, 0) is 12.1 Å². The zero-order valence-corrected chi connectivity index (χ0v) is 12.8. The Morgan fingerprint density at radius 2 is 2.17 bits per heavy atom. The molecule has 0 aliphatic heterocycles. The van der Waals surface area contributed by atoms with Crippen LogP contribution in [-0.2, 0) is 17.8 Å². The molecular formula is C16H18FN5O. The molecule has 0 amide bonds. The highest BCUT2D eigenvalue weighted by Crippen LogP contribution is 2.24. The number of hydrogen-bond acceptors (Lipinski definition) is 4. The average Bonchev–Trinajstić information content (AvgIpc) is 3.20. The topological polar surface area (TPSA) is 67.8 Å². The molecule has 0 aliphatic rings. The van der Waals surface area contributed by atoms with Crippen molar-refractivity contribution >= 4 is 5.69 Å². The minimum Gasteiger partial charge on any atom is -0.383 e. The summed E-state index contributed by atoms with van der Waals surface area (Å²) in [5, 5.41) is 14.4. The Bertz CT molecular complexity index is 767. The van der Waals surface area contributed by atoms with Crippen LogP contribution in [-0.4, -0.2) is 33.7 Å². The molecule has 2 aromatic heterocycles. The minimum absolute atomic E-state index is 0.273. The number of anilines is 1. The van der Waals surface area contributed by atoms with Crippen molar-refractivity contribution in [1.29, 1.82) is 0 Å². The number of nitrogens with one attached hydrogen (secondary N) is 2. The number of halogens is 1. The van der Waals surface area contributed by atoms with Crippen molar-refractivity contribution in [3.63, 3.8) is 0 Å². The standard InChI is InChI=1S/C16H18FN5O/c1-23-7-6-22-11-13(10-20-22)18-8-12-9-19-21-16(12)14-4-2-3-5-15(14)17/h2-5,9-11,18H,6-8H2,1H3,(H,19,21). The van der Waals surface area contributed by atoms with E-state index in [0.717, 1.165) is 11.3 Å². The van der Waals surface area contributed by atoms with E-state index in [1.807, 2.05) is 6.20 Å². The summed E-state index contributed by atoms with van der Waals surface area (Å²) in [6.45, 7) is 1.83. The van der Waals surface area contributed by atoms with E-state index in [4.69, 9.17) is 4.74 Å². The van der Waals surface area contributed by atoms with Crippen LogP contribution < -0.4 is 5.32 Å². The normalized spacial score (nSPS) is 10.9. The van der Waals surface area contributed by atoms with Gasteiger partial charge in [-0.25, -0.2) is 4.39 Å². The molecule has 0 spiro atoms. The first-order valence-corrected chi connectivity index (χ1v) is 7.30. The lowest BCUT2D eigenvalue weighted by Gasteiger charge is -2.06. The van der Waals surface area contributed by atoms with Gasteiger partial charge in [-0.1, -0.05) is 12.1 Å². The summed E-state index contributed by atoms with van der Waals surface area (Å²) in [7, 11) is 1.66. The van der Waals surface area contributed by atoms with Gasteiger partial charge >= 0.3 is 0 Å². The maximum absolute atomic E-state index is 13.9. The Labute approximate surface area is 133 Å². The molecule has 2 heterocycles. The van der Waals surface area contributed by atoms with Gasteiger partial charge in [0.1, 0.15) is 5.82 Å². The Balaban J connectivity index is 1.69. The molecule has 2 N–H and O–H groups in total. The minimum atomic E-state index is -0.273. The van der Waals surface area contributed by atoms with Crippen molar-refractivity contribution < 1.29 is 9.13 Å². The second-order valence-electron chi connectivity index (χ2n) is 5.09. The average molecular weight is 315 g/mol. The lowest BCUT2D eigenvalue weighted by atomic mass is 10.1. The predicted molar refractivity (Wildman–Crippen MR) is 85.4 cm³/mol. The molecule has 6 nitrogen and oxygen atoms in total. The van der Waals surface area contributed by atoms with Gasteiger partial charge in [0.2, 0.25) is 0 Å². The first-order chi connectivity index (χ1) is 11.3. The molecule has 0 atom stereocenters. The first kappa shape index (κ1) is 15.2. The van der Waals surface area contributed by atoms with Crippen molar-refractivity contribution in [2.24, 2.45) is 0 Å². The number of ether oxygens (including phenoxy) is 1. The van der Waals surface area contributed by atoms with Crippen LogP contribution in [0, 0.1) is 5.82 Å². The maximum atomic E-state index is 13.9. The third-order valence-corrected chi connectivity index (χ3v) is 3.50. The molecule has 7 heteroatoms. The molecular weight excluding hydrogens is 297 g/mol.